The lowest BCUT2D eigenvalue weighted by Gasteiger charge is -2.35. The first-order valence-corrected chi connectivity index (χ1v) is 9.36. The lowest BCUT2D eigenvalue weighted by atomic mass is 9.99. The first-order chi connectivity index (χ1) is 11.9. The molecule has 1 aliphatic rings. The standard InChI is InChI=1S/C20H33N3O2/c1-5-15-25-18-8-6-7-17(16-18)19(24)21-20(2,3)9-10-23-13-11-22(4)12-14-23/h6-8,16H,5,9-15H2,1-4H3,(H,21,24). The lowest BCUT2D eigenvalue weighted by Crippen LogP contribution is -2.49. The molecule has 2 rings (SSSR count). The Balaban J connectivity index is 1.85. The number of likely N-dealkylation sites (N-methyl/N-ethyl adjacent to an activating group) is 1. The second-order valence-corrected chi connectivity index (χ2v) is 7.61. The van der Waals surface area contributed by atoms with E-state index in [1.807, 2.05) is 24.3 Å². The van der Waals surface area contributed by atoms with Crippen molar-refractivity contribution in [3.05, 3.63) is 29.8 Å². The van der Waals surface area contributed by atoms with Crippen LogP contribution in [0.3, 0.4) is 0 Å². The molecule has 0 radical (unpaired) electrons. The third-order valence-corrected chi connectivity index (χ3v) is 4.67. The largest absolute Gasteiger partial charge is 0.494 e. The average Bonchev–Trinajstić information content (AvgIpc) is 2.59. The van der Waals surface area contributed by atoms with E-state index >= 15 is 0 Å². The number of ether oxygens (including phenoxy) is 1. The molecule has 1 N–H and O–H groups in total. The van der Waals surface area contributed by atoms with Gasteiger partial charge in [0.05, 0.1) is 6.61 Å². The van der Waals surface area contributed by atoms with Crippen molar-refractivity contribution in [2.24, 2.45) is 0 Å². The van der Waals surface area contributed by atoms with Crippen molar-refractivity contribution in [3.63, 3.8) is 0 Å². The van der Waals surface area contributed by atoms with Crippen LogP contribution in [-0.4, -0.2) is 67.6 Å². The number of carbonyl (C=O) groups excluding carboxylic acids is 1. The monoisotopic (exact) mass is 347 g/mol. The van der Waals surface area contributed by atoms with Gasteiger partial charge in [-0.15, -0.1) is 0 Å². The number of benzene rings is 1. The van der Waals surface area contributed by atoms with Gasteiger partial charge in [-0.3, -0.25) is 4.79 Å². The maximum atomic E-state index is 12.6. The summed E-state index contributed by atoms with van der Waals surface area (Å²) >= 11 is 0. The Labute approximate surface area is 152 Å². The zero-order valence-electron chi connectivity index (χ0n) is 16.2. The minimum absolute atomic E-state index is 0.0367. The molecule has 140 valence electrons. The number of rotatable bonds is 8. The Morgan fingerprint density at radius 1 is 1.24 bits per heavy atom. The van der Waals surface area contributed by atoms with E-state index in [0.29, 0.717) is 12.2 Å². The van der Waals surface area contributed by atoms with Crippen LogP contribution in [0.2, 0.25) is 0 Å². The predicted molar refractivity (Wildman–Crippen MR) is 102 cm³/mol. The van der Waals surface area contributed by atoms with Gasteiger partial charge in [0.2, 0.25) is 0 Å². The van der Waals surface area contributed by atoms with Crippen LogP contribution in [0.1, 0.15) is 44.0 Å². The van der Waals surface area contributed by atoms with Crippen molar-refractivity contribution in [3.8, 4) is 5.75 Å². The van der Waals surface area contributed by atoms with E-state index in [9.17, 15) is 4.79 Å². The summed E-state index contributed by atoms with van der Waals surface area (Å²) in [5.41, 5.74) is 0.419. The van der Waals surface area contributed by atoms with Gasteiger partial charge in [-0.1, -0.05) is 13.0 Å². The lowest BCUT2D eigenvalue weighted by molar-refractivity contribution is 0.0893. The smallest absolute Gasteiger partial charge is 0.251 e. The SMILES string of the molecule is CCCOc1cccc(C(=O)NC(C)(C)CCN2CCN(C)CC2)c1. The van der Waals surface area contributed by atoms with Gasteiger partial charge in [0.25, 0.3) is 5.91 Å². The summed E-state index contributed by atoms with van der Waals surface area (Å²) < 4.78 is 5.62. The van der Waals surface area contributed by atoms with Crippen LogP contribution < -0.4 is 10.1 Å². The minimum atomic E-state index is -0.235. The molecule has 1 saturated heterocycles. The molecule has 1 heterocycles. The van der Waals surface area contributed by atoms with Crippen LogP contribution in [0.15, 0.2) is 24.3 Å². The highest BCUT2D eigenvalue weighted by molar-refractivity contribution is 5.95. The fourth-order valence-corrected chi connectivity index (χ4v) is 2.90. The first kappa shape index (κ1) is 19.7. The summed E-state index contributed by atoms with van der Waals surface area (Å²) in [5.74, 6) is 0.718. The van der Waals surface area contributed by atoms with Gasteiger partial charge in [-0.2, -0.15) is 0 Å². The number of amides is 1. The highest BCUT2D eigenvalue weighted by Gasteiger charge is 2.23. The molecular weight excluding hydrogens is 314 g/mol. The molecule has 1 aromatic rings. The summed E-state index contributed by atoms with van der Waals surface area (Å²) in [4.78, 5) is 17.4. The molecule has 0 bridgehead atoms. The van der Waals surface area contributed by atoms with Crippen LogP contribution in [0.4, 0.5) is 0 Å². The van der Waals surface area contributed by atoms with Gasteiger partial charge in [-0.05, 0) is 51.9 Å². The van der Waals surface area contributed by atoms with Gasteiger partial charge in [0.1, 0.15) is 5.75 Å². The normalized spacial score (nSPS) is 16.6. The van der Waals surface area contributed by atoms with Crippen LogP contribution in [0.25, 0.3) is 0 Å². The van der Waals surface area contributed by atoms with Crippen LogP contribution >= 0.6 is 0 Å². The number of piperazine rings is 1. The molecule has 0 aliphatic carbocycles. The van der Waals surface area contributed by atoms with Crippen LogP contribution in [0, 0.1) is 0 Å². The molecule has 1 fully saturated rings. The topological polar surface area (TPSA) is 44.8 Å². The number of nitrogens with one attached hydrogen (secondary N) is 1. The summed E-state index contributed by atoms with van der Waals surface area (Å²) in [5, 5.41) is 3.17. The van der Waals surface area contributed by atoms with E-state index in [1.54, 1.807) is 0 Å². The Morgan fingerprint density at radius 2 is 1.96 bits per heavy atom. The number of nitrogens with zero attached hydrogens (tertiary/aromatic N) is 2. The maximum absolute atomic E-state index is 12.6. The Bertz CT molecular complexity index is 552. The molecule has 5 nitrogen and oxygen atoms in total. The highest BCUT2D eigenvalue weighted by Crippen LogP contribution is 2.16. The Hall–Kier alpha value is -1.59. The molecule has 1 aliphatic heterocycles. The van der Waals surface area contributed by atoms with Crippen molar-refractivity contribution < 1.29 is 9.53 Å². The van der Waals surface area contributed by atoms with E-state index < -0.39 is 0 Å². The molecule has 0 unspecified atom stereocenters. The summed E-state index contributed by atoms with van der Waals surface area (Å²) in [6.45, 7) is 12.4. The Morgan fingerprint density at radius 3 is 2.64 bits per heavy atom. The van der Waals surface area contributed by atoms with Crippen molar-refractivity contribution in [2.45, 2.75) is 39.2 Å². The zero-order chi connectivity index (χ0) is 18.3. The molecule has 0 saturated carbocycles. The Kier molecular flexibility index (Phi) is 7.26. The molecular formula is C20H33N3O2. The van der Waals surface area contributed by atoms with Crippen molar-refractivity contribution in [1.82, 2.24) is 15.1 Å². The van der Waals surface area contributed by atoms with Gasteiger partial charge < -0.3 is 19.9 Å². The van der Waals surface area contributed by atoms with E-state index in [0.717, 1.165) is 51.3 Å². The molecule has 0 atom stereocenters. The third kappa shape index (κ3) is 6.67. The van der Waals surface area contributed by atoms with Gasteiger partial charge in [0, 0.05) is 43.8 Å². The molecule has 0 aromatic heterocycles. The molecule has 25 heavy (non-hydrogen) atoms. The van der Waals surface area contributed by atoms with Crippen LogP contribution in [-0.2, 0) is 0 Å². The third-order valence-electron chi connectivity index (χ3n) is 4.67. The van der Waals surface area contributed by atoms with Crippen molar-refractivity contribution >= 4 is 5.91 Å². The van der Waals surface area contributed by atoms with Crippen molar-refractivity contribution in [2.75, 3.05) is 46.4 Å². The maximum Gasteiger partial charge on any atom is 0.251 e. The van der Waals surface area contributed by atoms with Gasteiger partial charge in [-0.25, -0.2) is 0 Å². The van der Waals surface area contributed by atoms with E-state index in [2.05, 4.69) is 42.9 Å². The predicted octanol–water partition coefficient (Wildman–Crippen LogP) is 2.62. The fraction of sp³-hybridized carbons (Fsp3) is 0.650. The first-order valence-electron chi connectivity index (χ1n) is 9.36. The average molecular weight is 348 g/mol. The second kappa shape index (κ2) is 9.20. The summed E-state index contributed by atoms with van der Waals surface area (Å²) in [7, 11) is 2.17. The summed E-state index contributed by atoms with van der Waals surface area (Å²) in [6, 6.07) is 7.42. The van der Waals surface area contributed by atoms with E-state index in [1.165, 1.54) is 0 Å². The van der Waals surface area contributed by atoms with Crippen molar-refractivity contribution in [1.29, 1.82) is 0 Å². The second-order valence-electron chi connectivity index (χ2n) is 7.61. The van der Waals surface area contributed by atoms with Crippen LogP contribution in [0.5, 0.6) is 5.75 Å². The number of carbonyl (C=O) groups is 1. The van der Waals surface area contributed by atoms with E-state index in [4.69, 9.17) is 4.74 Å². The minimum Gasteiger partial charge on any atom is -0.494 e. The molecule has 0 spiro atoms. The zero-order valence-corrected chi connectivity index (χ0v) is 16.2. The molecule has 1 amide bonds. The van der Waals surface area contributed by atoms with Gasteiger partial charge >= 0.3 is 0 Å². The molecule has 1 aromatic carbocycles. The number of hydrogen-bond donors (Lipinski definition) is 1. The molecule has 5 heteroatoms. The quantitative estimate of drug-likeness (QED) is 0.785. The van der Waals surface area contributed by atoms with E-state index in [-0.39, 0.29) is 11.4 Å². The summed E-state index contributed by atoms with van der Waals surface area (Å²) in [6.07, 6.45) is 1.89. The fourth-order valence-electron chi connectivity index (χ4n) is 2.90. The number of hydrogen-bond acceptors (Lipinski definition) is 4. The van der Waals surface area contributed by atoms with Gasteiger partial charge in [0.15, 0.2) is 0 Å². The highest BCUT2D eigenvalue weighted by atomic mass is 16.5.